The number of ether oxygens (including phenoxy) is 1. The molecular formula is C17H16Cl2N2O3. The van der Waals surface area contributed by atoms with Gasteiger partial charge in [0.05, 0.1) is 29.9 Å². The Morgan fingerprint density at radius 3 is 2.54 bits per heavy atom. The van der Waals surface area contributed by atoms with E-state index in [2.05, 4.69) is 15.4 Å². The van der Waals surface area contributed by atoms with Gasteiger partial charge in [0.15, 0.2) is 0 Å². The SMILES string of the molecule is COC(=O)c1ccc(Cl)c(NC(=O)CNc2cc(Cl)ccc2C)c1. The van der Waals surface area contributed by atoms with Crippen molar-refractivity contribution in [1.29, 1.82) is 0 Å². The lowest BCUT2D eigenvalue weighted by atomic mass is 10.2. The number of carbonyl (C=O) groups excluding carboxylic acids is 2. The number of rotatable bonds is 5. The Labute approximate surface area is 149 Å². The van der Waals surface area contributed by atoms with Crippen molar-refractivity contribution in [2.75, 3.05) is 24.3 Å². The third-order valence-electron chi connectivity index (χ3n) is 3.30. The predicted octanol–water partition coefficient (Wildman–Crippen LogP) is 4.14. The molecule has 0 fully saturated rings. The highest BCUT2D eigenvalue weighted by molar-refractivity contribution is 6.34. The first-order valence-corrected chi connectivity index (χ1v) is 7.84. The zero-order chi connectivity index (χ0) is 17.7. The Hall–Kier alpha value is -2.24. The van der Waals surface area contributed by atoms with Gasteiger partial charge in [-0.05, 0) is 42.8 Å². The molecule has 2 N–H and O–H groups in total. The average molecular weight is 367 g/mol. The predicted molar refractivity (Wildman–Crippen MR) is 96.1 cm³/mol. The van der Waals surface area contributed by atoms with E-state index in [9.17, 15) is 9.59 Å². The summed E-state index contributed by atoms with van der Waals surface area (Å²) in [5.41, 5.74) is 2.38. The maximum Gasteiger partial charge on any atom is 0.337 e. The van der Waals surface area contributed by atoms with Gasteiger partial charge in [-0.2, -0.15) is 0 Å². The van der Waals surface area contributed by atoms with Crippen molar-refractivity contribution in [3.8, 4) is 0 Å². The van der Waals surface area contributed by atoms with Crippen LogP contribution in [-0.2, 0) is 9.53 Å². The van der Waals surface area contributed by atoms with Crippen LogP contribution in [-0.4, -0.2) is 25.5 Å². The highest BCUT2D eigenvalue weighted by atomic mass is 35.5. The summed E-state index contributed by atoms with van der Waals surface area (Å²) in [6, 6.07) is 9.90. The van der Waals surface area contributed by atoms with Crippen molar-refractivity contribution in [3.05, 3.63) is 57.6 Å². The second-order valence-corrected chi connectivity index (χ2v) is 5.89. The molecule has 0 atom stereocenters. The van der Waals surface area contributed by atoms with Gasteiger partial charge in [-0.1, -0.05) is 29.3 Å². The van der Waals surface area contributed by atoms with Crippen LogP contribution < -0.4 is 10.6 Å². The average Bonchev–Trinajstić information content (AvgIpc) is 2.57. The summed E-state index contributed by atoms with van der Waals surface area (Å²) in [7, 11) is 1.28. The van der Waals surface area contributed by atoms with Crippen molar-refractivity contribution >= 4 is 46.5 Å². The van der Waals surface area contributed by atoms with E-state index in [-0.39, 0.29) is 12.5 Å². The van der Waals surface area contributed by atoms with Crippen LogP contribution in [0.3, 0.4) is 0 Å². The van der Waals surface area contributed by atoms with Crippen molar-refractivity contribution in [1.82, 2.24) is 0 Å². The van der Waals surface area contributed by atoms with E-state index in [1.807, 2.05) is 13.0 Å². The van der Waals surface area contributed by atoms with Gasteiger partial charge in [-0.15, -0.1) is 0 Å². The first-order valence-electron chi connectivity index (χ1n) is 7.08. The minimum Gasteiger partial charge on any atom is -0.465 e. The van der Waals surface area contributed by atoms with Gasteiger partial charge in [0.1, 0.15) is 0 Å². The minimum atomic E-state index is -0.505. The number of esters is 1. The maximum absolute atomic E-state index is 12.1. The van der Waals surface area contributed by atoms with Crippen LogP contribution in [0.1, 0.15) is 15.9 Å². The monoisotopic (exact) mass is 366 g/mol. The van der Waals surface area contributed by atoms with Crippen LogP contribution in [0.15, 0.2) is 36.4 Å². The molecule has 0 aromatic heterocycles. The zero-order valence-electron chi connectivity index (χ0n) is 13.2. The van der Waals surface area contributed by atoms with Crippen LogP contribution in [0.4, 0.5) is 11.4 Å². The molecule has 24 heavy (non-hydrogen) atoms. The Balaban J connectivity index is 2.04. The largest absolute Gasteiger partial charge is 0.465 e. The van der Waals surface area contributed by atoms with Crippen molar-refractivity contribution in [3.63, 3.8) is 0 Å². The van der Waals surface area contributed by atoms with E-state index in [0.29, 0.717) is 21.3 Å². The summed E-state index contributed by atoms with van der Waals surface area (Å²) in [6.07, 6.45) is 0. The number of aryl methyl sites for hydroxylation is 1. The number of benzene rings is 2. The molecule has 1 amide bonds. The van der Waals surface area contributed by atoms with Crippen molar-refractivity contribution in [2.24, 2.45) is 0 Å². The molecule has 2 aromatic carbocycles. The van der Waals surface area contributed by atoms with E-state index in [0.717, 1.165) is 11.3 Å². The van der Waals surface area contributed by atoms with Gasteiger partial charge in [0, 0.05) is 10.7 Å². The summed E-state index contributed by atoms with van der Waals surface area (Å²) < 4.78 is 4.65. The lowest BCUT2D eigenvalue weighted by molar-refractivity contribution is -0.114. The third kappa shape index (κ3) is 4.63. The number of halogens is 2. The molecule has 2 rings (SSSR count). The standard InChI is InChI=1S/C17H16Cl2N2O3/c1-10-3-5-12(18)8-14(10)20-9-16(22)21-15-7-11(17(23)24-2)4-6-13(15)19/h3-8,20H,9H2,1-2H3,(H,21,22). The Bertz CT molecular complexity index is 778. The smallest absolute Gasteiger partial charge is 0.337 e. The molecule has 0 unspecified atom stereocenters. The molecule has 0 aliphatic rings. The molecule has 0 spiro atoms. The number of anilines is 2. The molecule has 0 aliphatic heterocycles. The van der Waals surface area contributed by atoms with Crippen LogP contribution in [0.2, 0.25) is 10.0 Å². The highest BCUT2D eigenvalue weighted by Crippen LogP contribution is 2.24. The minimum absolute atomic E-state index is 0.0277. The highest BCUT2D eigenvalue weighted by Gasteiger charge is 2.11. The van der Waals surface area contributed by atoms with Crippen LogP contribution >= 0.6 is 23.2 Å². The van der Waals surface area contributed by atoms with Crippen molar-refractivity contribution < 1.29 is 14.3 Å². The summed E-state index contributed by atoms with van der Waals surface area (Å²) in [6.45, 7) is 1.94. The maximum atomic E-state index is 12.1. The molecule has 5 nitrogen and oxygen atoms in total. The molecule has 0 saturated heterocycles. The molecule has 0 bridgehead atoms. The lowest BCUT2D eigenvalue weighted by Crippen LogP contribution is -2.22. The van der Waals surface area contributed by atoms with Gasteiger partial charge >= 0.3 is 5.97 Å². The van der Waals surface area contributed by atoms with E-state index < -0.39 is 5.97 Å². The quantitative estimate of drug-likeness (QED) is 0.780. The molecule has 7 heteroatoms. The van der Waals surface area contributed by atoms with Gasteiger partial charge in [-0.25, -0.2) is 4.79 Å². The van der Waals surface area contributed by atoms with Gasteiger partial charge in [-0.3, -0.25) is 4.79 Å². The second kappa shape index (κ2) is 8.04. The van der Waals surface area contributed by atoms with E-state index >= 15 is 0 Å². The molecule has 0 heterocycles. The van der Waals surface area contributed by atoms with E-state index in [1.54, 1.807) is 12.1 Å². The first-order chi connectivity index (χ1) is 11.4. The summed E-state index contributed by atoms with van der Waals surface area (Å²) in [4.78, 5) is 23.6. The van der Waals surface area contributed by atoms with E-state index in [4.69, 9.17) is 23.2 Å². The van der Waals surface area contributed by atoms with Crippen LogP contribution in [0.25, 0.3) is 0 Å². The molecule has 126 valence electrons. The molecule has 0 radical (unpaired) electrons. The molecule has 2 aromatic rings. The first kappa shape index (κ1) is 18.1. The summed E-state index contributed by atoms with van der Waals surface area (Å²) >= 11 is 12.0. The number of nitrogens with one attached hydrogen (secondary N) is 2. The summed E-state index contributed by atoms with van der Waals surface area (Å²) in [5.74, 6) is -0.812. The van der Waals surface area contributed by atoms with Crippen LogP contribution in [0.5, 0.6) is 0 Å². The number of carbonyl (C=O) groups is 2. The lowest BCUT2D eigenvalue weighted by Gasteiger charge is -2.12. The normalized spacial score (nSPS) is 10.2. The molecule has 0 saturated carbocycles. The second-order valence-electron chi connectivity index (χ2n) is 5.05. The Morgan fingerprint density at radius 2 is 1.83 bits per heavy atom. The number of methoxy groups -OCH3 is 1. The Kier molecular flexibility index (Phi) is 6.06. The van der Waals surface area contributed by atoms with Gasteiger partial charge in [0.25, 0.3) is 0 Å². The summed E-state index contributed by atoms with van der Waals surface area (Å²) in [5, 5.41) is 6.58. The fourth-order valence-corrected chi connectivity index (χ4v) is 2.36. The third-order valence-corrected chi connectivity index (χ3v) is 3.87. The topological polar surface area (TPSA) is 67.4 Å². The van der Waals surface area contributed by atoms with Gasteiger partial charge in [0.2, 0.25) is 5.91 Å². The van der Waals surface area contributed by atoms with Crippen molar-refractivity contribution in [2.45, 2.75) is 6.92 Å². The zero-order valence-corrected chi connectivity index (χ0v) is 14.7. The Morgan fingerprint density at radius 1 is 1.08 bits per heavy atom. The fraction of sp³-hybridized carbons (Fsp3) is 0.176. The number of hydrogen-bond acceptors (Lipinski definition) is 4. The fourth-order valence-electron chi connectivity index (χ4n) is 2.02. The molecular weight excluding hydrogens is 351 g/mol. The van der Waals surface area contributed by atoms with E-state index in [1.165, 1.54) is 25.3 Å². The molecule has 0 aliphatic carbocycles. The number of amides is 1. The van der Waals surface area contributed by atoms with Crippen LogP contribution in [0, 0.1) is 6.92 Å². The number of hydrogen-bond donors (Lipinski definition) is 2. The van der Waals surface area contributed by atoms with Gasteiger partial charge < -0.3 is 15.4 Å².